The molecule has 0 aliphatic carbocycles. The van der Waals surface area contributed by atoms with Crippen molar-refractivity contribution < 1.29 is 18.0 Å². The Morgan fingerprint density at radius 1 is 1.26 bits per heavy atom. The summed E-state index contributed by atoms with van der Waals surface area (Å²) in [5.41, 5.74) is -0.105. The van der Waals surface area contributed by atoms with E-state index in [1.807, 2.05) is 16.8 Å². The minimum Gasteiger partial charge on any atom is -0.340 e. The van der Waals surface area contributed by atoms with Crippen LogP contribution in [0.15, 0.2) is 58.4 Å². The molecule has 0 aliphatic rings. The Kier molecular flexibility index (Phi) is 5.36. The number of halogens is 3. The van der Waals surface area contributed by atoms with Gasteiger partial charge in [0, 0.05) is 13.6 Å². The van der Waals surface area contributed by atoms with Crippen molar-refractivity contribution in [2.75, 3.05) is 7.05 Å². The number of rotatable bonds is 5. The highest BCUT2D eigenvalue weighted by atomic mass is 32.1. The van der Waals surface area contributed by atoms with Crippen LogP contribution in [0.1, 0.15) is 11.1 Å². The standard InChI is InChI=1S/C20H16F3N5O2S/c1-26(9-13-5-6-31-11-13)17(29)10-27-12-24-18-16(19(27)30)8-25-28(18)15-4-2-3-14(7-15)20(21,22)23/h2-8,11-12H,9-10H2,1H3. The van der Waals surface area contributed by atoms with E-state index in [1.54, 1.807) is 7.05 Å². The Morgan fingerprint density at radius 2 is 2.06 bits per heavy atom. The fourth-order valence-electron chi connectivity index (χ4n) is 3.08. The van der Waals surface area contributed by atoms with Crippen molar-refractivity contribution in [3.8, 4) is 5.69 Å². The Hall–Kier alpha value is -3.47. The van der Waals surface area contributed by atoms with Crippen LogP contribution in [0.25, 0.3) is 16.7 Å². The number of carbonyl (C=O) groups excluding carboxylic acids is 1. The monoisotopic (exact) mass is 447 g/mol. The smallest absolute Gasteiger partial charge is 0.340 e. The number of benzene rings is 1. The summed E-state index contributed by atoms with van der Waals surface area (Å²) in [6.07, 6.45) is -2.07. The molecule has 0 spiro atoms. The van der Waals surface area contributed by atoms with E-state index in [-0.39, 0.29) is 29.2 Å². The van der Waals surface area contributed by atoms with Crippen molar-refractivity contribution in [3.63, 3.8) is 0 Å². The number of aromatic nitrogens is 4. The maximum atomic E-state index is 13.0. The van der Waals surface area contributed by atoms with E-state index < -0.39 is 17.3 Å². The lowest BCUT2D eigenvalue weighted by atomic mass is 10.2. The molecule has 3 aromatic heterocycles. The lowest BCUT2D eigenvalue weighted by molar-refractivity contribution is -0.137. The highest BCUT2D eigenvalue weighted by Crippen LogP contribution is 2.30. The number of hydrogen-bond acceptors (Lipinski definition) is 5. The van der Waals surface area contributed by atoms with Gasteiger partial charge in [0.2, 0.25) is 5.91 Å². The Balaban J connectivity index is 1.61. The zero-order valence-electron chi connectivity index (χ0n) is 16.2. The van der Waals surface area contributed by atoms with Gasteiger partial charge in [0.05, 0.1) is 17.4 Å². The molecule has 4 aromatic rings. The largest absolute Gasteiger partial charge is 0.416 e. The second kappa shape index (κ2) is 7.99. The van der Waals surface area contributed by atoms with Gasteiger partial charge in [-0.15, -0.1) is 0 Å². The van der Waals surface area contributed by atoms with E-state index in [4.69, 9.17) is 0 Å². The molecule has 0 saturated carbocycles. The fourth-order valence-corrected chi connectivity index (χ4v) is 3.74. The quantitative estimate of drug-likeness (QED) is 0.471. The van der Waals surface area contributed by atoms with Gasteiger partial charge in [-0.05, 0) is 40.6 Å². The molecule has 3 heterocycles. The normalized spacial score (nSPS) is 11.7. The summed E-state index contributed by atoms with van der Waals surface area (Å²) in [5, 5.41) is 7.99. The van der Waals surface area contributed by atoms with Gasteiger partial charge in [0.15, 0.2) is 5.65 Å². The number of carbonyl (C=O) groups is 1. The first-order valence-corrected chi connectivity index (χ1v) is 10.0. The SMILES string of the molecule is CN(Cc1ccsc1)C(=O)Cn1cnc2c(cnn2-c2cccc(C(F)(F)F)c2)c1=O. The summed E-state index contributed by atoms with van der Waals surface area (Å²) in [5.74, 6) is -0.278. The third kappa shape index (κ3) is 4.22. The van der Waals surface area contributed by atoms with Crippen molar-refractivity contribution in [1.82, 2.24) is 24.2 Å². The molecule has 31 heavy (non-hydrogen) atoms. The van der Waals surface area contributed by atoms with Crippen LogP contribution in [0.3, 0.4) is 0 Å². The molecular formula is C20H16F3N5O2S. The Labute approximate surface area is 178 Å². The number of fused-ring (bicyclic) bond motifs is 1. The minimum absolute atomic E-state index is 0.105. The minimum atomic E-state index is -4.51. The van der Waals surface area contributed by atoms with Crippen molar-refractivity contribution in [2.45, 2.75) is 19.3 Å². The molecule has 0 unspecified atom stereocenters. The van der Waals surface area contributed by atoms with E-state index in [2.05, 4.69) is 10.1 Å². The summed E-state index contributed by atoms with van der Waals surface area (Å²) in [4.78, 5) is 31.0. The van der Waals surface area contributed by atoms with Crippen LogP contribution in [0, 0.1) is 0 Å². The highest BCUT2D eigenvalue weighted by Gasteiger charge is 2.30. The van der Waals surface area contributed by atoms with E-state index in [9.17, 15) is 22.8 Å². The molecule has 0 N–H and O–H groups in total. The van der Waals surface area contributed by atoms with Crippen LogP contribution in [-0.4, -0.2) is 37.2 Å². The van der Waals surface area contributed by atoms with Gasteiger partial charge in [0.1, 0.15) is 18.3 Å². The predicted molar refractivity (Wildman–Crippen MR) is 109 cm³/mol. The molecule has 0 aliphatic heterocycles. The molecule has 11 heteroatoms. The Morgan fingerprint density at radius 3 is 2.77 bits per heavy atom. The van der Waals surface area contributed by atoms with Crippen LogP contribution in [-0.2, 0) is 24.1 Å². The molecule has 0 atom stereocenters. The first-order valence-electron chi connectivity index (χ1n) is 9.10. The van der Waals surface area contributed by atoms with Crippen LogP contribution < -0.4 is 5.56 Å². The number of thiophene rings is 1. The van der Waals surface area contributed by atoms with E-state index in [0.717, 1.165) is 22.3 Å². The summed E-state index contributed by atoms with van der Waals surface area (Å²) in [6, 6.07) is 6.50. The molecule has 1 amide bonds. The van der Waals surface area contributed by atoms with Crippen molar-refractivity contribution in [1.29, 1.82) is 0 Å². The maximum Gasteiger partial charge on any atom is 0.416 e. The molecule has 160 valence electrons. The second-order valence-electron chi connectivity index (χ2n) is 6.90. The molecule has 0 saturated heterocycles. The lowest BCUT2D eigenvalue weighted by Gasteiger charge is -2.17. The molecule has 7 nitrogen and oxygen atoms in total. The molecule has 1 aromatic carbocycles. The summed E-state index contributed by atoms with van der Waals surface area (Å²) in [7, 11) is 1.64. The zero-order chi connectivity index (χ0) is 22.2. The summed E-state index contributed by atoms with van der Waals surface area (Å²) < 4.78 is 41.4. The number of amides is 1. The van der Waals surface area contributed by atoms with Crippen molar-refractivity contribution >= 4 is 28.3 Å². The number of likely N-dealkylation sites (N-methyl/N-ethyl adjacent to an activating group) is 1. The maximum absolute atomic E-state index is 13.0. The number of alkyl halides is 3. The first-order chi connectivity index (χ1) is 14.7. The summed E-state index contributed by atoms with van der Waals surface area (Å²) >= 11 is 1.53. The van der Waals surface area contributed by atoms with Crippen LogP contribution in [0.2, 0.25) is 0 Å². The average Bonchev–Trinajstić information content (AvgIpc) is 3.39. The molecule has 0 fully saturated rings. The van der Waals surface area contributed by atoms with Gasteiger partial charge in [-0.3, -0.25) is 14.2 Å². The fraction of sp³-hybridized carbons (Fsp3) is 0.200. The highest BCUT2D eigenvalue weighted by molar-refractivity contribution is 7.07. The third-order valence-electron chi connectivity index (χ3n) is 4.70. The van der Waals surface area contributed by atoms with Gasteiger partial charge in [0.25, 0.3) is 5.56 Å². The lowest BCUT2D eigenvalue weighted by Crippen LogP contribution is -2.33. The molecule has 0 radical (unpaired) electrons. The van der Waals surface area contributed by atoms with E-state index in [0.29, 0.717) is 6.54 Å². The van der Waals surface area contributed by atoms with E-state index >= 15 is 0 Å². The average molecular weight is 447 g/mol. The molecule has 0 bridgehead atoms. The van der Waals surface area contributed by atoms with Crippen molar-refractivity contribution in [2.24, 2.45) is 0 Å². The zero-order valence-corrected chi connectivity index (χ0v) is 17.0. The van der Waals surface area contributed by atoms with E-state index in [1.165, 1.54) is 45.6 Å². The van der Waals surface area contributed by atoms with Gasteiger partial charge in [-0.1, -0.05) is 6.07 Å². The second-order valence-corrected chi connectivity index (χ2v) is 7.68. The predicted octanol–water partition coefficient (Wildman–Crippen LogP) is 3.32. The number of hydrogen-bond donors (Lipinski definition) is 0. The Bertz CT molecular complexity index is 1290. The third-order valence-corrected chi connectivity index (χ3v) is 5.44. The first kappa shape index (κ1) is 20.8. The van der Waals surface area contributed by atoms with Gasteiger partial charge in [-0.25, -0.2) is 9.67 Å². The van der Waals surface area contributed by atoms with Crippen molar-refractivity contribution in [3.05, 3.63) is 75.1 Å². The van der Waals surface area contributed by atoms with Gasteiger partial charge >= 0.3 is 6.18 Å². The van der Waals surface area contributed by atoms with Crippen LogP contribution in [0.5, 0.6) is 0 Å². The van der Waals surface area contributed by atoms with Crippen LogP contribution in [0.4, 0.5) is 13.2 Å². The summed E-state index contributed by atoms with van der Waals surface area (Å²) in [6.45, 7) is 0.206. The number of nitrogens with zero attached hydrogens (tertiary/aromatic N) is 5. The molecular weight excluding hydrogens is 431 g/mol. The van der Waals surface area contributed by atoms with Gasteiger partial charge in [-0.2, -0.15) is 29.6 Å². The van der Waals surface area contributed by atoms with Gasteiger partial charge < -0.3 is 4.90 Å². The molecule has 4 rings (SSSR count). The topological polar surface area (TPSA) is 73.0 Å². The van der Waals surface area contributed by atoms with Crippen LogP contribution >= 0.6 is 11.3 Å².